The number of aromatic nitrogens is 4. The van der Waals surface area contributed by atoms with Gasteiger partial charge in [-0.3, -0.25) is 9.97 Å². The zero-order valence-electron chi connectivity index (χ0n) is 18.6. The van der Waals surface area contributed by atoms with Crippen molar-refractivity contribution in [2.24, 2.45) is 0 Å². The minimum atomic E-state index is 1.01. The van der Waals surface area contributed by atoms with Gasteiger partial charge < -0.3 is 0 Å². The van der Waals surface area contributed by atoms with Gasteiger partial charge in [-0.1, -0.05) is 41.5 Å². The van der Waals surface area contributed by atoms with Crippen molar-refractivity contribution in [3.8, 4) is 0 Å². The van der Waals surface area contributed by atoms with Crippen LogP contribution in [-0.2, 0) is 0 Å². The van der Waals surface area contributed by atoms with Crippen LogP contribution in [0.1, 0.15) is 58.4 Å². The molecular weight excluding hydrogens is 332 g/mol. The van der Waals surface area contributed by atoms with Crippen molar-refractivity contribution >= 4 is 0 Å². The van der Waals surface area contributed by atoms with E-state index in [9.17, 15) is 0 Å². The lowest BCUT2D eigenvalue weighted by molar-refractivity contribution is 1.10. The second kappa shape index (κ2) is 25.6. The molecule has 3 aromatic rings. The molecule has 0 fully saturated rings. The summed E-state index contributed by atoms with van der Waals surface area (Å²) in [7, 11) is 0. The minimum Gasteiger partial charge on any atom is -0.265 e. The lowest BCUT2D eigenvalue weighted by atomic mass is 10.3. The third kappa shape index (κ3) is 23.4. The Labute approximate surface area is 167 Å². The number of pyridine rings is 2. The van der Waals surface area contributed by atoms with E-state index in [1.807, 2.05) is 92.6 Å². The Bertz CT molecular complexity index is 495. The fourth-order valence-electron chi connectivity index (χ4n) is 1.21. The highest BCUT2D eigenvalue weighted by Crippen LogP contribution is 1.89. The summed E-state index contributed by atoms with van der Waals surface area (Å²) in [5.41, 5.74) is 3.53. The second-order valence-corrected chi connectivity index (χ2v) is 4.40. The monoisotopic (exact) mass is 370 g/mol. The van der Waals surface area contributed by atoms with E-state index in [0.29, 0.717) is 0 Å². The van der Waals surface area contributed by atoms with Gasteiger partial charge in [-0.05, 0) is 62.2 Å². The molecule has 3 heterocycles. The fourth-order valence-corrected chi connectivity index (χ4v) is 1.21. The minimum absolute atomic E-state index is 1.01. The molecule has 150 valence electrons. The van der Waals surface area contributed by atoms with Crippen LogP contribution in [0.5, 0.6) is 0 Å². The zero-order valence-corrected chi connectivity index (χ0v) is 18.6. The molecule has 0 saturated heterocycles. The molecule has 0 spiro atoms. The van der Waals surface area contributed by atoms with Crippen LogP contribution < -0.4 is 0 Å². The Hall–Kier alpha value is -2.62. The number of nitrogens with zero attached hydrogens (tertiary/aromatic N) is 4. The van der Waals surface area contributed by atoms with E-state index in [-0.39, 0.29) is 0 Å². The predicted octanol–water partition coefficient (Wildman–Crippen LogP) is 6.64. The van der Waals surface area contributed by atoms with E-state index >= 15 is 0 Å². The molecule has 0 unspecified atom stereocenters. The van der Waals surface area contributed by atoms with Crippen molar-refractivity contribution in [3.63, 3.8) is 0 Å². The van der Waals surface area contributed by atoms with E-state index < -0.39 is 0 Å². The molecule has 4 heteroatoms. The van der Waals surface area contributed by atoms with Gasteiger partial charge in [0.2, 0.25) is 0 Å². The van der Waals surface area contributed by atoms with Gasteiger partial charge in [0.05, 0.1) is 0 Å². The molecule has 4 nitrogen and oxygen atoms in total. The zero-order chi connectivity index (χ0) is 21.3. The molecule has 0 N–H and O–H groups in total. The fraction of sp³-hybridized carbons (Fsp3) is 0.391. The first-order chi connectivity index (χ1) is 13.2. The summed E-state index contributed by atoms with van der Waals surface area (Å²) in [6.07, 6.45) is 10.4. The standard InChI is InChI=1S/2C6H7N.C5H6N2.3C2H6/c2*1-6-2-4-7-5-3-6;1-5-2-3-6-4-7-5;3*1-2/h2*2-5H,1H3;2-4H,1H3;3*1-2H3. The predicted molar refractivity (Wildman–Crippen MR) is 119 cm³/mol. The highest BCUT2D eigenvalue weighted by molar-refractivity contribution is 5.06. The van der Waals surface area contributed by atoms with Gasteiger partial charge in [0.15, 0.2) is 0 Å². The first kappa shape index (κ1) is 29.2. The summed E-state index contributed by atoms with van der Waals surface area (Å²) >= 11 is 0. The van der Waals surface area contributed by atoms with Crippen LogP contribution in [0.4, 0.5) is 0 Å². The number of hydrogen-bond acceptors (Lipinski definition) is 4. The molecule has 27 heavy (non-hydrogen) atoms. The summed E-state index contributed by atoms with van der Waals surface area (Å²) in [6, 6.07) is 9.75. The van der Waals surface area contributed by atoms with Crippen LogP contribution in [0.15, 0.2) is 67.6 Å². The van der Waals surface area contributed by atoms with Crippen LogP contribution in [0, 0.1) is 20.8 Å². The normalized spacial score (nSPS) is 7.44. The van der Waals surface area contributed by atoms with Crippen LogP contribution in [-0.4, -0.2) is 19.9 Å². The molecule has 3 aromatic heterocycles. The summed E-state index contributed by atoms with van der Waals surface area (Å²) in [6.45, 7) is 18.0. The average Bonchev–Trinajstić information content (AvgIpc) is 2.75. The molecule has 0 aromatic carbocycles. The Morgan fingerprint density at radius 3 is 0.963 bits per heavy atom. The number of rotatable bonds is 0. The molecule has 0 aliphatic carbocycles. The van der Waals surface area contributed by atoms with Crippen molar-refractivity contribution in [2.75, 3.05) is 0 Å². The average molecular weight is 371 g/mol. The van der Waals surface area contributed by atoms with Crippen LogP contribution >= 0.6 is 0 Å². The van der Waals surface area contributed by atoms with Crippen molar-refractivity contribution < 1.29 is 0 Å². The van der Waals surface area contributed by atoms with Crippen LogP contribution in [0.2, 0.25) is 0 Å². The van der Waals surface area contributed by atoms with Gasteiger partial charge in [-0.25, -0.2) is 9.97 Å². The first-order valence-electron chi connectivity index (χ1n) is 9.64. The van der Waals surface area contributed by atoms with Gasteiger partial charge in [0, 0.05) is 36.7 Å². The molecule has 0 saturated carbocycles. The lowest BCUT2D eigenvalue weighted by Gasteiger charge is -1.82. The van der Waals surface area contributed by atoms with Gasteiger partial charge in [-0.15, -0.1) is 0 Å². The van der Waals surface area contributed by atoms with Gasteiger partial charge in [0.1, 0.15) is 6.33 Å². The van der Waals surface area contributed by atoms with Crippen molar-refractivity contribution in [1.29, 1.82) is 0 Å². The highest BCUT2D eigenvalue weighted by atomic mass is 14.8. The Morgan fingerprint density at radius 1 is 0.481 bits per heavy atom. The summed E-state index contributed by atoms with van der Waals surface area (Å²) in [5.74, 6) is 0. The maximum Gasteiger partial charge on any atom is 0.115 e. The number of aryl methyl sites for hydroxylation is 3. The lowest BCUT2D eigenvalue weighted by Crippen LogP contribution is -1.77. The molecule has 0 aliphatic heterocycles. The molecule has 0 radical (unpaired) electrons. The van der Waals surface area contributed by atoms with Crippen LogP contribution in [0.25, 0.3) is 0 Å². The van der Waals surface area contributed by atoms with E-state index in [4.69, 9.17) is 0 Å². The summed E-state index contributed by atoms with van der Waals surface area (Å²) in [5, 5.41) is 0. The van der Waals surface area contributed by atoms with E-state index in [0.717, 1.165) is 5.69 Å². The molecule has 0 atom stereocenters. The smallest absolute Gasteiger partial charge is 0.115 e. The molecule has 0 aliphatic rings. The molecule has 3 rings (SSSR count). The third-order valence-electron chi connectivity index (χ3n) is 2.42. The maximum absolute atomic E-state index is 3.87. The third-order valence-corrected chi connectivity index (χ3v) is 2.42. The van der Waals surface area contributed by atoms with Gasteiger partial charge in [0.25, 0.3) is 0 Å². The Kier molecular flexibility index (Phi) is 27.7. The van der Waals surface area contributed by atoms with Gasteiger partial charge in [-0.2, -0.15) is 0 Å². The Balaban J connectivity index is -0.000000281. The van der Waals surface area contributed by atoms with Crippen molar-refractivity contribution in [1.82, 2.24) is 19.9 Å². The number of hydrogen-bond donors (Lipinski definition) is 0. The van der Waals surface area contributed by atoms with Crippen molar-refractivity contribution in [3.05, 3.63) is 84.5 Å². The SMILES string of the molecule is CC.CC.CC.Cc1ccncc1.Cc1ccncc1.Cc1ccncn1. The van der Waals surface area contributed by atoms with E-state index in [2.05, 4.69) is 19.9 Å². The molecular formula is C23H38N4. The quantitative estimate of drug-likeness (QED) is 0.445. The maximum atomic E-state index is 3.87. The largest absolute Gasteiger partial charge is 0.265 e. The Morgan fingerprint density at radius 2 is 0.815 bits per heavy atom. The second-order valence-electron chi connectivity index (χ2n) is 4.40. The summed E-state index contributed by atoms with van der Waals surface area (Å²) in [4.78, 5) is 15.3. The van der Waals surface area contributed by atoms with E-state index in [1.165, 1.54) is 17.5 Å². The highest BCUT2D eigenvalue weighted by Gasteiger charge is 1.74. The van der Waals surface area contributed by atoms with Gasteiger partial charge >= 0.3 is 0 Å². The summed E-state index contributed by atoms with van der Waals surface area (Å²) < 4.78 is 0. The van der Waals surface area contributed by atoms with Crippen LogP contribution in [0.3, 0.4) is 0 Å². The van der Waals surface area contributed by atoms with E-state index in [1.54, 1.807) is 31.0 Å². The molecule has 0 amide bonds. The van der Waals surface area contributed by atoms with Crippen molar-refractivity contribution in [2.45, 2.75) is 62.3 Å². The first-order valence-corrected chi connectivity index (χ1v) is 9.64. The topological polar surface area (TPSA) is 51.6 Å². The molecule has 0 bridgehead atoms.